The number of H-pyrrole nitrogens is 1. The van der Waals surface area contributed by atoms with Gasteiger partial charge in [-0.3, -0.25) is 4.68 Å². The van der Waals surface area contributed by atoms with E-state index < -0.39 is 0 Å². The van der Waals surface area contributed by atoms with Crippen molar-refractivity contribution in [2.75, 3.05) is 5.32 Å². The monoisotopic (exact) mass is 192 g/mol. The first kappa shape index (κ1) is 8.74. The molecule has 0 saturated heterocycles. The summed E-state index contributed by atoms with van der Waals surface area (Å²) in [5.74, 6) is 1.52. The molecule has 0 saturated carbocycles. The lowest BCUT2D eigenvalue weighted by atomic mass is 10.3. The van der Waals surface area contributed by atoms with Gasteiger partial charge in [0.1, 0.15) is 12.1 Å². The normalized spacial score (nSPS) is 10.4. The fourth-order valence-electron chi connectivity index (χ4n) is 1.20. The number of aromatic amines is 1. The zero-order valence-electron chi connectivity index (χ0n) is 8.15. The van der Waals surface area contributed by atoms with E-state index in [1.54, 1.807) is 4.68 Å². The van der Waals surface area contributed by atoms with E-state index >= 15 is 0 Å². The Bertz CT molecular complexity index is 401. The van der Waals surface area contributed by atoms with Crippen LogP contribution >= 0.6 is 0 Å². The van der Waals surface area contributed by atoms with Crippen LogP contribution in [0.25, 0.3) is 0 Å². The number of nitrogens with one attached hydrogen (secondary N) is 2. The van der Waals surface area contributed by atoms with Crippen LogP contribution in [0.1, 0.15) is 12.6 Å². The molecule has 0 atom stereocenters. The van der Waals surface area contributed by atoms with Gasteiger partial charge in [0.25, 0.3) is 0 Å². The number of anilines is 2. The van der Waals surface area contributed by atoms with Crippen LogP contribution in [0.4, 0.5) is 11.8 Å². The minimum atomic E-state index is 0.621. The van der Waals surface area contributed by atoms with Crippen LogP contribution in [-0.2, 0) is 13.5 Å². The molecule has 0 aliphatic carbocycles. The molecule has 0 amide bonds. The second kappa shape index (κ2) is 3.49. The van der Waals surface area contributed by atoms with E-state index in [2.05, 4.69) is 32.5 Å². The average Bonchev–Trinajstić information content (AvgIpc) is 2.78. The van der Waals surface area contributed by atoms with Crippen molar-refractivity contribution in [3.05, 3.63) is 18.1 Å². The average molecular weight is 192 g/mol. The van der Waals surface area contributed by atoms with E-state index in [-0.39, 0.29) is 0 Å². The maximum absolute atomic E-state index is 4.30. The second-order valence-corrected chi connectivity index (χ2v) is 2.96. The SMILES string of the molecule is CCc1cc(Nc2ncn[nH]2)n(C)n1. The van der Waals surface area contributed by atoms with Gasteiger partial charge in [0.05, 0.1) is 5.69 Å². The van der Waals surface area contributed by atoms with Crippen molar-refractivity contribution in [3.8, 4) is 0 Å². The fraction of sp³-hybridized carbons (Fsp3) is 0.375. The molecular weight excluding hydrogens is 180 g/mol. The summed E-state index contributed by atoms with van der Waals surface area (Å²) in [4.78, 5) is 3.97. The van der Waals surface area contributed by atoms with Crippen LogP contribution in [0.5, 0.6) is 0 Å². The molecule has 0 aliphatic heterocycles. The number of aromatic nitrogens is 5. The third-order valence-corrected chi connectivity index (χ3v) is 1.95. The molecule has 2 heterocycles. The van der Waals surface area contributed by atoms with Gasteiger partial charge in [-0.1, -0.05) is 6.92 Å². The Morgan fingerprint density at radius 3 is 3.00 bits per heavy atom. The number of aryl methyl sites for hydroxylation is 2. The van der Waals surface area contributed by atoms with E-state index in [1.807, 2.05) is 13.1 Å². The second-order valence-electron chi connectivity index (χ2n) is 2.96. The molecule has 2 aromatic rings. The van der Waals surface area contributed by atoms with Crippen LogP contribution in [0.3, 0.4) is 0 Å². The van der Waals surface area contributed by atoms with Gasteiger partial charge < -0.3 is 5.32 Å². The van der Waals surface area contributed by atoms with Crippen molar-refractivity contribution >= 4 is 11.8 Å². The summed E-state index contributed by atoms with van der Waals surface area (Å²) in [6.45, 7) is 2.07. The molecule has 74 valence electrons. The Labute approximate surface area is 81.4 Å². The smallest absolute Gasteiger partial charge is 0.224 e. The molecule has 0 unspecified atom stereocenters. The molecule has 0 aliphatic rings. The van der Waals surface area contributed by atoms with E-state index in [4.69, 9.17) is 0 Å². The molecule has 0 spiro atoms. The summed E-state index contributed by atoms with van der Waals surface area (Å²) in [5, 5.41) is 13.9. The quantitative estimate of drug-likeness (QED) is 0.756. The van der Waals surface area contributed by atoms with Gasteiger partial charge in [0.2, 0.25) is 5.95 Å². The van der Waals surface area contributed by atoms with Crippen LogP contribution in [0, 0.1) is 0 Å². The topological polar surface area (TPSA) is 71.4 Å². The van der Waals surface area contributed by atoms with Gasteiger partial charge in [0, 0.05) is 13.1 Å². The van der Waals surface area contributed by atoms with E-state index in [1.165, 1.54) is 6.33 Å². The Morgan fingerprint density at radius 1 is 1.57 bits per heavy atom. The predicted molar refractivity (Wildman–Crippen MR) is 52.3 cm³/mol. The molecule has 0 bridgehead atoms. The van der Waals surface area contributed by atoms with E-state index in [9.17, 15) is 0 Å². The van der Waals surface area contributed by atoms with Crippen molar-refractivity contribution in [1.29, 1.82) is 0 Å². The molecule has 0 radical (unpaired) electrons. The standard InChI is InChI=1S/C8H12N6/c1-3-6-4-7(14(2)13-6)11-8-9-5-10-12-8/h4-5H,3H2,1-2H3,(H2,9,10,11,12). The zero-order chi connectivity index (χ0) is 9.97. The highest BCUT2D eigenvalue weighted by Gasteiger charge is 2.04. The molecule has 0 fully saturated rings. The van der Waals surface area contributed by atoms with Gasteiger partial charge in [-0.2, -0.15) is 15.2 Å². The number of nitrogens with zero attached hydrogens (tertiary/aromatic N) is 4. The fourth-order valence-corrected chi connectivity index (χ4v) is 1.20. The third kappa shape index (κ3) is 1.59. The highest BCUT2D eigenvalue weighted by Crippen LogP contribution is 2.12. The highest BCUT2D eigenvalue weighted by atomic mass is 15.4. The van der Waals surface area contributed by atoms with Crippen molar-refractivity contribution in [1.82, 2.24) is 25.0 Å². The van der Waals surface area contributed by atoms with Crippen LogP contribution in [0.2, 0.25) is 0 Å². The van der Waals surface area contributed by atoms with Gasteiger partial charge in [-0.15, -0.1) is 0 Å². The lowest BCUT2D eigenvalue weighted by molar-refractivity contribution is 0.752. The Hall–Kier alpha value is -1.85. The zero-order valence-corrected chi connectivity index (χ0v) is 8.15. The molecule has 14 heavy (non-hydrogen) atoms. The molecule has 2 rings (SSSR count). The van der Waals surface area contributed by atoms with Gasteiger partial charge in [-0.25, -0.2) is 5.10 Å². The molecule has 6 heteroatoms. The van der Waals surface area contributed by atoms with Crippen LogP contribution < -0.4 is 5.32 Å². The summed E-state index contributed by atoms with van der Waals surface area (Å²) in [5.41, 5.74) is 1.05. The minimum absolute atomic E-state index is 0.621. The molecular formula is C8H12N6. The number of rotatable bonds is 3. The third-order valence-electron chi connectivity index (χ3n) is 1.95. The van der Waals surface area contributed by atoms with Crippen molar-refractivity contribution in [2.45, 2.75) is 13.3 Å². The first-order valence-corrected chi connectivity index (χ1v) is 4.45. The van der Waals surface area contributed by atoms with Crippen LogP contribution in [0.15, 0.2) is 12.4 Å². The number of hydrogen-bond acceptors (Lipinski definition) is 4. The van der Waals surface area contributed by atoms with Gasteiger partial charge >= 0.3 is 0 Å². The summed E-state index contributed by atoms with van der Waals surface area (Å²) in [6.07, 6.45) is 2.38. The Morgan fingerprint density at radius 2 is 2.43 bits per heavy atom. The maximum atomic E-state index is 4.30. The summed E-state index contributed by atoms with van der Waals surface area (Å²) < 4.78 is 1.78. The summed E-state index contributed by atoms with van der Waals surface area (Å²) in [7, 11) is 1.89. The molecule has 0 aromatic carbocycles. The summed E-state index contributed by atoms with van der Waals surface area (Å²) >= 11 is 0. The van der Waals surface area contributed by atoms with Crippen molar-refractivity contribution in [3.63, 3.8) is 0 Å². The van der Waals surface area contributed by atoms with Crippen molar-refractivity contribution < 1.29 is 0 Å². The first-order chi connectivity index (χ1) is 6.79. The number of hydrogen-bond donors (Lipinski definition) is 2. The van der Waals surface area contributed by atoms with Gasteiger partial charge in [0.15, 0.2) is 0 Å². The van der Waals surface area contributed by atoms with Crippen molar-refractivity contribution in [2.24, 2.45) is 7.05 Å². The lowest BCUT2D eigenvalue weighted by Gasteiger charge is -2.00. The van der Waals surface area contributed by atoms with E-state index in [0.717, 1.165) is 17.9 Å². The Balaban J connectivity index is 2.20. The summed E-state index contributed by atoms with van der Waals surface area (Å²) in [6, 6.07) is 1.99. The van der Waals surface area contributed by atoms with E-state index in [0.29, 0.717) is 5.95 Å². The first-order valence-electron chi connectivity index (χ1n) is 4.45. The predicted octanol–water partition coefficient (Wildman–Crippen LogP) is 0.844. The molecule has 2 N–H and O–H groups in total. The molecule has 2 aromatic heterocycles. The maximum Gasteiger partial charge on any atom is 0.224 e. The lowest BCUT2D eigenvalue weighted by Crippen LogP contribution is -2.00. The molecule has 6 nitrogen and oxygen atoms in total. The van der Waals surface area contributed by atoms with Crippen LogP contribution in [-0.4, -0.2) is 25.0 Å². The minimum Gasteiger partial charge on any atom is -0.309 e. The highest BCUT2D eigenvalue weighted by molar-refractivity contribution is 5.47. The van der Waals surface area contributed by atoms with Gasteiger partial charge in [-0.05, 0) is 6.42 Å². The largest absolute Gasteiger partial charge is 0.309 e. The Kier molecular flexibility index (Phi) is 2.18.